The number of benzene rings is 2. The average Bonchev–Trinajstić information content (AvgIpc) is 2.56. The van der Waals surface area contributed by atoms with Crippen LogP contribution in [0.5, 0.6) is 0 Å². The molecule has 0 radical (unpaired) electrons. The minimum Gasteiger partial charge on any atom is -0.452 e. The standard InChI is InChI=1S/C18H16N2O3/c1-12-6-7-16(8-13(12)2)20-17(21)11-23-18(22)15-5-3-4-14(9-15)10-19/h3-9H,11H2,1-2H3,(H,20,21). The lowest BCUT2D eigenvalue weighted by Crippen LogP contribution is -2.21. The first kappa shape index (κ1) is 16.2. The fourth-order valence-corrected chi connectivity index (χ4v) is 1.95. The van der Waals surface area contributed by atoms with E-state index in [0.717, 1.165) is 11.1 Å². The van der Waals surface area contributed by atoms with Gasteiger partial charge in [0.2, 0.25) is 0 Å². The molecule has 5 heteroatoms. The summed E-state index contributed by atoms with van der Waals surface area (Å²) in [5.74, 6) is -1.06. The first-order valence-corrected chi connectivity index (χ1v) is 7.04. The van der Waals surface area contributed by atoms with Crippen molar-refractivity contribution in [3.05, 3.63) is 64.7 Å². The summed E-state index contributed by atoms with van der Waals surface area (Å²) in [4.78, 5) is 23.7. The van der Waals surface area contributed by atoms with Crippen LogP contribution in [0.1, 0.15) is 27.0 Å². The number of amides is 1. The van der Waals surface area contributed by atoms with Gasteiger partial charge >= 0.3 is 5.97 Å². The summed E-state index contributed by atoms with van der Waals surface area (Å²) in [7, 11) is 0. The first-order chi connectivity index (χ1) is 11.0. The van der Waals surface area contributed by atoms with E-state index in [4.69, 9.17) is 10.00 Å². The largest absolute Gasteiger partial charge is 0.452 e. The lowest BCUT2D eigenvalue weighted by Gasteiger charge is -2.08. The summed E-state index contributed by atoms with van der Waals surface area (Å²) in [6.07, 6.45) is 0. The van der Waals surface area contributed by atoms with Crippen molar-refractivity contribution in [1.29, 1.82) is 5.26 Å². The summed E-state index contributed by atoms with van der Waals surface area (Å²) < 4.78 is 4.96. The molecule has 116 valence electrons. The molecule has 1 N–H and O–H groups in total. The Morgan fingerprint density at radius 2 is 1.91 bits per heavy atom. The van der Waals surface area contributed by atoms with Gasteiger partial charge in [-0.25, -0.2) is 4.79 Å². The van der Waals surface area contributed by atoms with Crippen molar-refractivity contribution in [2.24, 2.45) is 0 Å². The van der Waals surface area contributed by atoms with Gasteiger partial charge in [-0.15, -0.1) is 0 Å². The fraction of sp³-hybridized carbons (Fsp3) is 0.167. The van der Waals surface area contributed by atoms with Crippen LogP contribution in [0.25, 0.3) is 0 Å². The predicted octanol–water partition coefficient (Wildman–Crippen LogP) is 2.97. The smallest absolute Gasteiger partial charge is 0.338 e. The highest BCUT2D eigenvalue weighted by atomic mass is 16.5. The van der Waals surface area contributed by atoms with Gasteiger partial charge in [0.25, 0.3) is 5.91 Å². The molecule has 2 rings (SSSR count). The number of carbonyl (C=O) groups excluding carboxylic acids is 2. The number of carbonyl (C=O) groups is 2. The Hall–Kier alpha value is -3.13. The van der Waals surface area contributed by atoms with Crippen molar-refractivity contribution >= 4 is 17.6 Å². The van der Waals surface area contributed by atoms with E-state index >= 15 is 0 Å². The molecule has 0 atom stereocenters. The van der Waals surface area contributed by atoms with Gasteiger partial charge in [0.05, 0.1) is 17.2 Å². The van der Waals surface area contributed by atoms with Crippen molar-refractivity contribution in [3.63, 3.8) is 0 Å². The van der Waals surface area contributed by atoms with Gasteiger partial charge in [0, 0.05) is 5.69 Å². The van der Waals surface area contributed by atoms with Crippen LogP contribution in [0.15, 0.2) is 42.5 Å². The molecule has 1 amide bonds. The average molecular weight is 308 g/mol. The third-order valence-electron chi connectivity index (χ3n) is 3.35. The summed E-state index contributed by atoms with van der Waals surface area (Å²) in [5.41, 5.74) is 3.45. The maximum Gasteiger partial charge on any atom is 0.338 e. The molecule has 0 aliphatic carbocycles. The topological polar surface area (TPSA) is 79.2 Å². The third kappa shape index (κ3) is 4.42. The van der Waals surface area contributed by atoms with Crippen LogP contribution in [0.2, 0.25) is 0 Å². The molecule has 0 aliphatic heterocycles. The Balaban J connectivity index is 1.92. The Morgan fingerprint density at radius 3 is 2.61 bits per heavy atom. The normalized spacial score (nSPS) is 9.78. The lowest BCUT2D eigenvalue weighted by atomic mass is 10.1. The maximum atomic E-state index is 11.9. The second-order valence-electron chi connectivity index (χ2n) is 5.12. The van der Waals surface area contributed by atoms with Crippen molar-refractivity contribution in [2.75, 3.05) is 11.9 Å². The summed E-state index contributed by atoms with van der Waals surface area (Å²) >= 11 is 0. The van der Waals surface area contributed by atoms with Crippen LogP contribution in [0.3, 0.4) is 0 Å². The van der Waals surface area contributed by atoms with Gasteiger partial charge in [0.1, 0.15) is 0 Å². The number of nitriles is 1. The van der Waals surface area contributed by atoms with Gasteiger partial charge in [-0.2, -0.15) is 5.26 Å². The van der Waals surface area contributed by atoms with Crippen LogP contribution in [-0.4, -0.2) is 18.5 Å². The Bertz CT molecular complexity index is 791. The van der Waals surface area contributed by atoms with Gasteiger partial charge < -0.3 is 10.1 Å². The maximum absolute atomic E-state index is 11.9. The Morgan fingerprint density at radius 1 is 1.13 bits per heavy atom. The lowest BCUT2D eigenvalue weighted by molar-refractivity contribution is -0.119. The number of nitrogens with one attached hydrogen (secondary N) is 1. The molecule has 0 saturated carbocycles. The van der Waals surface area contributed by atoms with Crippen LogP contribution in [0, 0.1) is 25.2 Å². The van der Waals surface area contributed by atoms with E-state index in [-0.39, 0.29) is 12.2 Å². The van der Waals surface area contributed by atoms with Crippen molar-refractivity contribution in [2.45, 2.75) is 13.8 Å². The number of ether oxygens (including phenoxy) is 1. The van der Waals surface area contributed by atoms with Crippen molar-refractivity contribution in [1.82, 2.24) is 0 Å². The zero-order valence-electron chi connectivity index (χ0n) is 12.9. The molecule has 5 nitrogen and oxygen atoms in total. The first-order valence-electron chi connectivity index (χ1n) is 7.04. The van der Waals surface area contributed by atoms with Crippen molar-refractivity contribution in [3.8, 4) is 6.07 Å². The second-order valence-corrected chi connectivity index (χ2v) is 5.12. The number of aryl methyl sites for hydroxylation is 2. The van der Waals surface area contributed by atoms with Gasteiger partial charge in [0.15, 0.2) is 6.61 Å². The molecule has 2 aromatic rings. The number of rotatable bonds is 4. The molecule has 2 aromatic carbocycles. The molecular formula is C18H16N2O3. The van der Waals surface area contributed by atoms with Gasteiger partial charge in [-0.05, 0) is 55.3 Å². The number of hydrogen-bond acceptors (Lipinski definition) is 4. The monoisotopic (exact) mass is 308 g/mol. The number of esters is 1. The molecule has 0 aliphatic rings. The number of hydrogen-bond donors (Lipinski definition) is 1. The predicted molar refractivity (Wildman–Crippen MR) is 86.0 cm³/mol. The van der Waals surface area contributed by atoms with E-state index < -0.39 is 11.9 Å². The van der Waals surface area contributed by atoms with Gasteiger partial charge in [-0.1, -0.05) is 12.1 Å². The zero-order chi connectivity index (χ0) is 16.8. The van der Waals surface area contributed by atoms with E-state index in [2.05, 4.69) is 5.32 Å². The molecule has 0 aromatic heterocycles. The molecule has 0 heterocycles. The molecule has 0 spiro atoms. The van der Waals surface area contributed by atoms with Crippen LogP contribution in [0.4, 0.5) is 5.69 Å². The zero-order valence-corrected chi connectivity index (χ0v) is 12.9. The summed E-state index contributed by atoms with van der Waals surface area (Å²) in [6, 6.07) is 13.6. The highest BCUT2D eigenvalue weighted by molar-refractivity contribution is 5.95. The van der Waals surface area contributed by atoms with E-state index in [1.165, 1.54) is 12.1 Å². The minimum absolute atomic E-state index is 0.239. The highest BCUT2D eigenvalue weighted by Crippen LogP contribution is 2.14. The van der Waals surface area contributed by atoms with E-state index in [9.17, 15) is 9.59 Å². The Labute approximate surface area is 134 Å². The number of nitrogens with zero attached hydrogens (tertiary/aromatic N) is 1. The highest BCUT2D eigenvalue weighted by Gasteiger charge is 2.11. The van der Waals surface area contributed by atoms with Crippen molar-refractivity contribution < 1.29 is 14.3 Å². The van der Waals surface area contributed by atoms with Crippen LogP contribution >= 0.6 is 0 Å². The molecule has 0 bridgehead atoms. The molecule has 0 fully saturated rings. The van der Waals surface area contributed by atoms with E-state index in [1.54, 1.807) is 18.2 Å². The summed E-state index contributed by atoms with van der Waals surface area (Å²) in [5, 5.41) is 11.5. The molecule has 0 saturated heterocycles. The second kappa shape index (κ2) is 7.23. The summed E-state index contributed by atoms with van der Waals surface area (Å²) in [6.45, 7) is 3.55. The van der Waals surface area contributed by atoms with Crippen LogP contribution in [-0.2, 0) is 9.53 Å². The fourth-order valence-electron chi connectivity index (χ4n) is 1.95. The van der Waals surface area contributed by atoms with E-state index in [1.807, 2.05) is 32.0 Å². The minimum atomic E-state index is -0.641. The Kier molecular flexibility index (Phi) is 5.11. The molecule has 0 unspecified atom stereocenters. The number of anilines is 1. The molecular weight excluding hydrogens is 292 g/mol. The molecule has 23 heavy (non-hydrogen) atoms. The van der Waals surface area contributed by atoms with Crippen LogP contribution < -0.4 is 5.32 Å². The van der Waals surface area contributed by atoms with Gasteiger partial charge in [-0.3, -0.25) is 4.79 Å². The SMILES string of the molecule is Cc1ccc(NC(=O)COC(=O)c2cccc(C#N)c2)cc1C. The third-order valence-corrected chi connectivity index (χ3v) is 3.35. The van der Waals surface area contributed by atoms with E-state index in [0.29, 0.717) is 11.3 Å². The quantitative estimate of drug-likeness (QED) is 0.881.